The maximum atomic E-state index is 4.65. The van der Waals surface area contributed by atoms with E-state index in [4.69, 9.17) is 0 Å². The van der Waals surface area contributed by atoms with E-state index in [0.717, 1.165) is 14.5 Å². The molecule has 0 amide bonds. The second-order valence-electron chi connectivity index (χ2n) is 4.22. The molecule has 0 radical (unpaired) electrons. The number of fused-ring (bicyclic) bond motifs is 1. The first-order chi connectivity index (χ1) is 7.72. The maximum Gasteiger partial charge on any atom is 0.0635 e. The van der Waals surface area contributed by atoms with E-state index in [0.29, 0.717) is 0 Å². The third-order valence-electron chi connectivity index (χ3n) is 3.12. The van der Waals surface area contributed by atoms with Crippen molar-refractivity contribution in [1.29, 1.82) is 0 Å². The van der Waals surface area contributed by atoms with Gasteiger partial charge in [0.05, 0.1) is 5.44 Å². The number of aryl methyl sites for hydroxylation is 1. The van der Waals surface area contributed by atoms with Gasteiger partial charge in [-0.1, -0.05) is 29.4 Å². The monoisotopic (exact) mass is 237 g/mol. The van der Waals surface area contributed by atoms with Crippen molar-refractivity contribution in [3.05, 3.63) is 22.9 Å². The van der Waals surface area contributed by atoms with Gasteiger partial charge >= 0.3 is 0 Å². The third kappa shape index (κ3) is 2.83. The number of hydrogen-bond donors (Lipinski definition) is 0. The van der Waals surface area contributed by atoms with Gasteiger partial charge in [0.25, 0.3) is 0 Å². The largest absolute Gasteiger partial charge is 0.253 e. The Labute approximate surface area is 102 Å². The Morgan fingerprint density at radius 3 is 2.69 bits per heavy atom. The first kappa shape index (κ1) is 13.6. The summed E-state index contributed by atoms with van der Waals surface area (Å²) < 4.78 is 0. The quantitative estimate of drug-likeness (QED) is 0.677. The van der Waals surface area contributed by atoms with Crippen LogP contribution in [0.2, 0.25) is 0 Å². The van der Waals surface area contributed by atoms with Gasteiger partial charge in [0.15, 0.2) is 0 Å². The molecule has 2 rings (SSSR count). The molecule has 1 aromatic rings. The van der Waals surface area contributed by atoms with Crippen molar-refractivity contribution in [3.63, 3.8) is 0 Å². The Kier molecular flexibility index (Phi) is 5.41. The number of nitrogens with zero attached hydrogens (tertiary/aromatic N) is 1. The average Bonchev–Trinajstić information content (AvgIpc) is 2.32. The Morgan fingerprint density at radius 2 is 2.06 bits per heavy atom. The van der Waals surface area contributed by atoms with Gasteiger partial charge < -0.3 is 0 Å². The van der Waals surface area contributed by atoms with Gasteiger partial charge in [-0.3, -0.25) is 4.98 Å². The van der Waals surface area contributed by atoms with Crippen molar-refractivity contribution < 1.29 is 0 Å². The molecule has 0 aromatic carbocycles. The van der Waals surface area contributed by atoms with Crippen LogP contribution in [0.5, 0.6) is 0 Å². The summed E-state index contributed by atoms with van der Waals surface area (Å²) >= 11 is 0. The summed E-state index contributed by atoms with van der Waals surface area (Å²) in [5, 5.41) is 0. The predicted molar refractivity (Wildman–Crippen MR) is 75.5 cm³/mol. The second-order valence-corrected chi connectivity index (χ2v) is 5.20. The fraction of sp³-hybridized carbons (Fsp3) is 0.643. The summed E-state index contributed by atoms with van der Waals surface area (Å²) in [7, 11) is 0.844. The number of rotatable bonds is 1. The van der Waals surface area contributed by atoms with E-state index in [1.54, 1.807) is 11.1 Å². The summed E-state index contributed by atoms with van der Waals surface area (Å²) in [6, 6.07) is 2.29. The standard InChI is InChI=1S/C12H18NP.C2H6/c1-8-5-4-6-10-11(8)7-9(2)13-12(10)14-3;1-2/h7-8,14H,4-6H2,1-3H3;1-2H3. The normalized spacial score (nSPS) is 19.2. The predicted octanol–water partition coefficient (Wildman–Crippen LogP) is 3.79. The van der Waals surface area contributed by atoms with Gasteiger partial charge in [-0.05, 0) is 56.0 Å². The van der Waals surface area contributed by atoms with Crippen LogP contribution in [-0.2, 0) is 6.42 Å². The van der Waals surface area contributed by atoms with Gasteiger partial charge in [0, 0.05) is 5.69 Å². The van der Waals surface area contributed by atoms with Gasteiger partial charge in [0.1, 0.15) is 0 Å². The molecular formula is C14H24NP. The number of pyridine rings is 1. The van der Waals surface area contributed by atoms with Crippen molar-refractivity contribution in [2.24, 2.45) is 0 Å². The third-order valence-corrected chi connectivity index (χ3v) is 4.01. The molecule has 1 aliphatic rings. The lowest BCUT2D eigenvalue weighted by molar-refractivity contribution is 0.590. The second kappa shape index (κ2) is 6.35. The molecule has 2 unspecified atom stereocenters. The topological polar surface area (TPSA) is 12.9 Å². The lowest BCUT2D eigenvalue weighted by Crippen LogP contribution is -2.19. The van der Waals surface area contributed by atoms with Crippen LogP contribution in [-0.4, -0.2) is 11.6 Å². The zero-order valence-electron chi connectivity index (χ0n) is 11.2. The van der Waals surface area contributed by atoms with Crippen LogP contribution in [0.25, 0.3) is 0 Å². The van der Waals surface area contributed by atoms with Crippen LogP contribution in [0.15, 0.2) is 6.07 Å². The molecule has 0 spiro atoms. The van der Waals surface area contributed by atoms with Crippen LogP contribution in [0.4, 0.5) is 0 Å². The van der Waals surface area contributed by atoms with E-state index in [1.807, 2.05) is 13.8 Å². The Morgan fingerprint density at radius 1 is 1.38 bits per heavy atom. The minimum Gasteiger partial charge on any atom is -0.253 e. The number of aromatic nitrogens is 1. The highest BCUT2D eigenvalue weighted by Gasteiger charge is 2.19. The molecule has 0 saturated carbocycles. The fourth-order valence-corrected chi connectivity index (χ4v) is 3.23. The molecule has 0 bridgehead atoms. The Hall–Kier alpha value is -0.420. The van der Waals surface area contributed by atoms with Crippen LogP contribution < -0.4 is 5.44 Å². The molecule has 90 valence electrons. The molecule has 1 nitrogen and oxygen atoms in total. The highest BCUT2D eigenvalue weighted by atomic mass is 31.1. The zero-order valence-corrected chi connectivity index (χ0v) is 12.2. The molecule has 1 aromatic heterocycles. The molecule has 1 heterocycles. The van der Waals surface area contributed by atoms with Crippen LogP contribution in [0, 0.1) is 6.92 Å². The first-order valence-electron chi connectivity index (χ1n) is 6.40. The molecule has 16 heavy (non-hydrogen) atoms. The van der Waals surface area contributed by atoms with E-state index in [1.165, 1.54) is 30.4 Å². The molecule has 0 N–H and O–H groups in total. The molecule has 0 fully saturated rings. The van der Waals surface area contributed by atoms with Crippen molar-refractivity contribution in [3.8, 4) is 0 Å². The SMILES string of the molecule is CC.CPc1nc(C)cc2c1CCCC2C. The van der Waals surface area contributed by atoms with Crippen molar-refractivity contribution in [2.75, 3.05) is 6.66 Å². The van der Waals surface area contributed by atoms with Crippen molar-refractivity contribution in [1.82, 2.24) is 4.98 Å². The Bertz CT molecular complexity index is 347. The Balaban J connectivity index is 0.000000606. The molecule has 2 atom stereocenters. The lowest BCUT2D eigenvalue weighted by Gasteiger charge is -2.24. The van der Waals surface area contributed by atoms with Crippen LogP contribution >= 0.6 is 8.58 Å². The van der Waals surface area contributed by atoms with E-state index >= 15 is 0 Å². The van der Waals surface area contributed by atoms with Gasteiger partial charge in [-0.15, -0.1) is 0 Å². The first-order valence-corrected chi connectivity index (χ1v) is 7.90. The van der Waals surface area contributed by atoms with Crippen LogP contribution in [0.3, 0.4) is 0 Å². The fourth-order valence-electron chi connectivity index (χ4n) is 2.37. The van der Waals surface area contributed by atoms with Crippen molar-refractivity contribution >= 4 is 14.0 Å². The van der Waals surface area contributed by atoms with E-state index in [2.05, 4.69) is 31.6 Å². The minimum atomic E-state index is 0.746. The molecular weight excluding hydrogens is 213 g/mol. The van der Waals surface area contributed by atoms with E-state index in [9.17, 15) is 0 Å². The average molecular weight is 237 g/mol. The van der Waals surface area contributed by atoms with Gasteiger partial charge in [-0.25, -0.2) is 0 Å². The van der Waals surface area contributed by atoms with Gasteiger partial charge in [-0.2, -0.15) is 0 Å². The van der Waals surface area contributed by atoms with E-state index < -0.39 is 0 Å². The van der Waals surface area contributed by atoms with E-state index in [-0.39, 0.29) is 0 Å². The number of hydrogen-bond acceptors (Lipinski definition) is 1. The molecule has 0 saturated heterocycles. The summed E-state index contributed by atoms with van der Waals surface area (Å²) in [4.78, 5) is 4.65. The highest BCUT2D eigenvalue weighted by molar-refractivity contribution is 7.46. The van der Waals surface area contributed by atoms with Crippen molar-refractivity contribution in [2.45, 2.75) is 52.9 Å². The zero-order chi connectivity index (χ0) is 12.1. The summed E-state index contributed by atoms with van der Waals surface area (Å²) in [6.45, 7) is 10.7. The highest BCUT2D eigenvalue weighted by Crippen LogP contribution is 2.31. The molecule has 1 aliphatic carbocycles. The smallest absolute Gasteiger partial charge is 0.0635 e. The minimum absolute atomic E-state index is 0.746. The lowest BCUT2D eigenvalue weighted by atomic mass is 9.85. The van der Waals surface area contributed by atoms with Crippen LogP contribution in [0.1, 0.15) is 56.4 Å². The summed E-state index contributed by atoms with van der Waals surface area (Å²) in [5.74, 6) is 0.746. The maximum absolute atomic E-state index is 4.65. The summed E-state index contributed by atoms with van der Waals surface area (Å²) in [5.41, 5.74) is 5.71. The molecule has 0 aliphatic heterocycles. The van der Waals surface area contributed by atoms with Gasteiger partial charge in [0.2, 0.25) is 0 Å². The molecule has 2 heteroatoms. The summed E-state index contributed by atoms with van der Waals surface area (Å²) in [6.07, 6.45) is 3.95.